The zero-order valence-corrected chi connectivity index (χ0v) is 10.2. The SMILES string of the molecule is CNC(=O)C(C)Sc1cc(C)nc(C)n1. The Bertz CT molecular complexity index is 347. The lowest BCUT2D eigenvalue weighted by atomic mass is 10.4. The quantitative estimate of drug-likeness (QED) is 0.622. The molecular formula is C10H15N3OS. The predicted molar refractivity (Wildman–Crippen MR) is 60.9 cm³/mol. The van der Waals surface area contributed by atoms with E-state index in [1.54, 1.807) is 7.05 Å². The van der Waals surface area contributed by atoms with Crippen molar-refractivity contribution in [3.8, 4) is 0 Å². The van der Waals surface area contributed by atoms with Crippen LogP contribution in [-0.4, -0.2) is 28.2 Å². The van der Waals surface area contributed by atoms with Crippen LogP contribution in [0.2, 0.25) is 0 Å². The fourth-order valence-electron chi connectivity index (χ4n) is 1.18. The fraction of sp³-hybridized carbons (Fsp3) is 0.500. The van der Waals surface area contributed by atoms with Gasteiger partial charge < -0.3 is 5.32 Å². The molecule has 1 unspecified atom stereocenters. The average molecular weight is 225 g/mol. The Labute approximate surface area is 93.9 Å². The minimum atomic E-state index is -0.135. The lowest BCUT2D eigenvalue weighted by Gasteiger charge is -2.09. The molecule has 0 radical (unpaired) electrons. The van der Waals surface area contributed by atoms with Gasteiger partial charge in [-0.2, -0.15) is 0 Å². The van der Waals surface area contributed by atoms with Crippen LogP contribution in [0.4, 0.5) is 0 Å². The first-order chi connectivity index (χ1) is 7.02. The molecular weight excluding hydrogens is 210 g/mol. The Morgan fingerprint density at radius 1 is 1.47 bits per heavy atom. The highest BCUT2D eigenvalue weighted by atomic mass is 32.2. The van der Waals surface area contributed by atoms with Crippen molar-refractivity contribution in [1.82, 2.24) is 15.3 Å². The Hall–Kier alpha value is -1.10. The van der Waals surface area contributed by atoms with Crippen LogP contribution in [0.1, 0.15) is 18.4 Å². The number of carbonyl (C=O) groups is 1. The molecule has 1 N–H and O–H groups in total. The highest BCUT2D eigenvalue weighted by Crippen LogP contribution is 2.21. The van der Waals surface area contributed by atoms with Crippen molar-refractivity contribution in [3.05, 3.63) is 17.6 Å². The molecule has 1 amide bonds. The maximum Gasteiger partial charge on any atom is 0.233 e. The summed E-state index contributed by atoms with van der Waals surface area (Å²) in [5.74, 6) is 0.746. The summed E-state index contributed by atoms with van der Waals surface area (Å²) in [5, 5.41) is 3.32. The molecule has 1 aromatic rings. The second-order valence-corrected chi connectivity index (χ2v) is 4.63. The van der Waals surface area contributed by atoms with Crippen LogP contribution in [-0.2, 0) is 4.79 Å². The van der Waals surface area contributed by atoms with E-state index in [1.807, 2.05) is 26.8 Å². The minimum absolute atomic E-state index is 0.00826. The van der Waals surface area contributed by atoms with Crippen LogP contribution < -0.4 is 5.32 Å². The van der Waals surface area contributed by atoms with Crippen LogP contribution in [0, 0.1) is 13.8 Å². The Morgan fingerprint density at radius 2 is 2.13 bits per heavy atom. The van der Waals surface area contributed by atoms with Gasteiger partial charge in [0.05, 0.1) is 5.25 Å². The molecule has 0 aromatic carbocycles. The zero-order valence-electron chi connectivity index (χ0n) is 9.37. The van der Waals surface area contributed by atoms with Crippen molar-refractivity contribution < 1.29 is 4.79 Å². The second kappa shape index (κ2) is 5.11. The Balaban J connectivity index is 2.76. The molecule has 1 rings (SSSR count). The molecule has 4 nitrogen and oxygen atoms in total. The van der Waals surface area contributed by atoms with Crippen molar-refractivity contribution in [3.63, 3.8) is 0 Å². The topological polar surface area (TPSA) is 54.9 Å². The summed E-state index contributed by atoms with van der Waals surface area (Å²) in [6.45, 7) is 5.63. The highest BCUT2D eigenvalue weighted by molar-refractivity contribution is 8.00. The van der Waals surface area contributed by atoms with Gasteiger partial charge in [-0.3, -0.25) is 4.79 Å². The highest BCUT2D eigenvalue weighted by Gasteiger charge is 2.13. The summed E-state index contributed by atoms with van der Waals surface area (Å²) in [6.07, 6.45) is 0. The molecule has 0 aliphatic heterocycles. The minimum Gasteiger partial charge on any atom is -0.358 e. The number of nitrogens with one attached hydrogen (secondary N) is 1. The zero-order chi connectivity index (χ0) is 11.4. The molecule has 0 saturated carbocycles. The number of thioether (sulfide) groups is 1. The van der Waals surface area contributed by atoms with Crippen molar-refractivity contribution >= 4 is 17.7 Å². The van der Waals surface area contributed by atoms with E-state index in [1.165, 1.54) is 11.8 Å². The van der Waals surface area contributed by atoms with Crippen LogP contribution in [0.3, 0.4) is 0 Å². The number of hydrogen-bond acceptors (Lipinski definition) is 4. The van der Waals surface area contributed by atoms with E-state index < -0.39 is 0 Å². The average Bonchev–Trinajstić information content (AvgIpc) is 2.14. The van der Waals surface area contributed by atoms with Gasteiger partial charge in [-0.05, 0) is 26.8 Å². The van der Waals surface area contributed by atoms with Gasteiger partial charge in [0.15, 0.2) is 0 Å². The molecule has 0 spiro atoms. The summed E-state index contributed by atoms with van der Waals surface area (Å²) < 4.78 is 0. The van der Waals surface area contributed by atoms with Gasteiger partial charge in [0.1, 0.15) is 10.9 Å². The Kier molecular flexibility index (Phi) is 4.08. The lowest BCUT2D eigenvalue weighted by Crippen LogP contribution is -2.27. The van der Waals surface area contributed by atoms with E-state index in [9.17, 15) is 4.79 Å². The van der Waals surface area contributed by atoms with E-state index in [0.717, 1.165) is 16.5 Å². The number of hydrogen-bond donors (Lipinski definition) is 1. The van der Waals surface area contributed by atoms with Crippen molar-refractivity contribution in [2.75, 3.05) is 7.05 Å². The summed E-state index contributed by atoms with van der Waals surface area (Å²) in [7, 11) is 1.63. The van der Waals surface area contributed by atoms with Crippen LogP contribution in [0.15, 0.2) is 11.1 Å². The van der Waals surface area contributed by atoms with Gasteiger partial charge in [-0.1, -0.05) is 11.8 Å². The predicted octanol–water partition coefficient (Wildman–Crippen LogP) is 1.32. The normalized spacial score (nSPS) is 12.3. The number of aromatic nitrogens is 2. The van der Waals surface area contributed by atoms with Gasteiger partial charge in [0, 0.05) is 12.7 Å². The molecule has 1 atom stereocenters. The van der Waals surface area contributed by atoms with Crippen LogP contribution in [0.25, 0.3) is 0 Å². The van der Waals surface area contributed by atoms with Gasteiger partial charge in [0.25, 0.3) is 0 Å². The van der Waals surface area contributed by atoms with E-state index in [0.29, 0.717) is 0 Å². The van der Waals surface area contributed by atoms with Gasteiger partial charge >= 0.3 is 0 Å². The van der Waals surface area contributed by atoms with Gasteiger partial charge in [-0.25, -0.2) is 9.97 Å². The maximum atomic E-state index is 11.3. The van der Waals surface area contributed by atoms with Crippen molar-refractivity contribution in [2.45, 2.75) is 31.0 Å². The number of nitrogens with zero attached hydrogens (tertiary/aromatic N) is 2. The number of aryl methyl sites for hydroxylation is 2. The second-order valence-electron chi connectivity index (χ2n) is 3.27. The van der Waals surface area contributed by atoms with Crippen LogP contribution in [0.5, 0.6) is 0 Å². The van der Waals surface area contributed by atoms with E-state index >= 15 is 0 Å². The van der Waals surface area contributed by atoms with E-state index in [2.05, 4.69) is 15.3 Å². The molecule has 1 heterocycles. The van der Waals surface area contributed by atoms with E-state index in [4.69, 9.17) is 0 Å². The molecule has 0 fully saturated rings. The monoisotopic (exact) mass is 225 g/mol. The molecule has 0 aliphatic carbocycles. The summed E-state index contributed by atoms with van der Waals surface area (Å²) in [5.41, 5.74) is 0.925. The van der Waals surface area contributed by atoms with Crippen molar-refractivity contribution in [2.24, 2.45) is 0 Å². The molecule has 15 heavy (non-hydrogen) atoms. The van der Waals surface area contributed by atoms with Gasteiger partial charge in [-0.15, -0.1) is 0 Å². The number of amides is 1. The summed E-state index contributed by atoms with van der Waals surface area (Å²) in [6, 6.07) is 1.89. The van der Waals surface area contributed by atoms with Crippen molar-refractivity contribution in [1.29, 1.82) is 0 Å². The number of rotatable bonds is 3. The lowest BCUT2D eigenvalue weighted by molar-refractivity contribution is -0.119. The maximum absolute atomic E-state index is 11.3. The first-order valence-corrected chi connectivity index (χ1v) is 5.61. The third-order valence-corrected chi connectivity index (χ3v) is 2.87. The first-order valence-electron chi connectivity index (χ1n) is 4.73. The Morgan fingerprint density at radius 3 is 2.67 bits per heavy atom. The molecule has 5 heteroatoms. The smallest absolute Gasteiger partial charge is 0.233 e. The molecule has 0 bridgehead atoms. The number of carbonyl (C=O) groups excluding carboxylic acids is 1. The van der Waals surface area contributed by atoms with Gasteiger partial charge in [0.2, 0.25) is 5.91 Å². The first kappa shape index (κ1) is 12.0. The molecule has 0 aliphatic rings. The third-order valence-electron chi connectivity index (χ3n) is 1.86. The fourth-order valence-corrected chi connectivity index (χ4v) is 2.19. The van der Waals surface area contributed by atoms with E-state index in [-0.39, 0.29) is 11.2 Å². The molecule has 82 valence electrons. The van der Waals surface area contributed by atoms with Crippen LogP contribution >= 0.6 is 11.8 Å². The largest absolute Gasteiger partial charge is 0.358 e. The molecule has 1 aromatic heterocycles. The molecule has 0 saturated heterocycles. The standard InChI is InChI=1S/C10H15N3OS/c1-6-5-9(13-8(3)12-6)15-7(2)10(14)11-4/h5,7H,1-4H3,(H,11,14). The third kappa shape index (κ3) is 3.51. The summed E-state index contributed by atoms with van der Waals surface area (Å²) >= 11 is 1.44. The summed E-state index contributed by atoms with van der Waals surface area (Å²) in [4.78, 5) is 19.8.